The molecule has 1 aromatic carbocycles. The summed E-state index contributed by atoms with van der Waals surface area (Å²) in [5.41, 5.74) is 1.08. The van der Waals surface area contributed by atoms with E-state index in [4.69, 9.17) is 4.74 Å². The molecule has 0 unspecified atom stereocenters. The van der Waals surface area contributed by atoms with Gasteiger partial charge in [0.05, 0.1) is 17.7 Å². The number of benzene rings is 1. The summed E-state index contributed by atoms with van der Waals surface area (Å²) >= 11 is 0. The average Bonchev–Trinajstić information content (AvgIpc) is 2.75. The lowest BCUT2D eigenvalue weighted by atomic mass is 10.1. The summed E-state index contributed by atoms with van der Waals surface area (Å²) in [7, 11) is 0. The summed E-state index contributed by atoms with van der Waals surface area (Å²) in [6, 6.07) is 7.07. The first-order valence-electron chi connectivity index (χ1n) is 8.50. The normalized spacial score (nSPS) is 27.4. The molecular formula is C18H25N2O3+. The van der Waals surface area contributed by atoms with Gasteiger partial charge in [-0.15, -0.1) is 0 Å². The van der Waals surface area contributed by atoms with Crippen molar-refractivity contribution >= 4 is 11.8 Å². The summed E-state index contributed by atoms with van der Waals surface area (Å²) in [5.74, 6) is -0.293. The van der Waals surface area contributed by atoms with Crippen LogP contribution in [0.4, 0.5) is 0 Å². The maximum Gasteiger partial charge on any atom is 0.261 e. The van der Waals surface area contributed by atoms with Crippen LogP contribution < -0.4 is 4.90 Å². The molecule has 2 aliphatic rings. The van der Waals surface area contributed by atoms with E-state index in [-0.39, 0.29) is 11.8 Å². The van der Waals surface area contributed by atoms with E-state index in [1.165, 1.54) is 4.90 Å². The van der Waals surface area contributed by atoms with Gasteiger partial charge in [-0.05, 0) is 38.8 Å². The molecule has 5 nitrogen and oxygen atoms in total. The largest absolute Gasteiger partial charge is 0.364 e. The highest BCUT2D eigenvalue weighted by Crippen LogP contribution is 2.22. The SMILES string of the molecule is C[C@H]1C[NH+](CCCCN2C(=O)c3ccccc3C2=O)C[C@H](C)O1. The summed E-state index contributed by atoms with van der Waals surface area (Å²) in [6.45, 7) is 7.90. The second-order valence-corrected chi connectivity index (χ2v) is 6.68. The van der Waals surface area contributed by atoms with Crippen molar-refractivity contribution in [2.45, 2.75) is 38.9 Å². The number of nitrogens with zero attached hydrogens (tertiary/aromatic N) is 1. The van der Waals surface area contributed by atoms with Gasteiger partial charge in [-0.1, -0.05) is 12.1 Å². The molecule has 0 aromatic heterocycles. The molecule has 0 saturated carbocycles. The third-order valence-corrected chi connectivity index (χ3v) is 4.66. The van der Waals surface area contributed by atoms with E-state index in [0.29, 0.717) is 29.9 Å². The van der Waals surface area contributed by atoms with Gasteiger partial charge in [0, 0.05) is 6.54 Å². The van der Waals surface area contributed by atoms with Crippen LogP contribution in [-0.4, -0.2) is 55.1 Å². The monoisotopic (exact) mass is 317 g/mol. The predicted molar refractivity (Wildman–Crippen MR) is 86.6 cm³/mol. The number of imide groups is 1. The minimum absolute atomic E-state index is 0.147. The predicted octanol–water partition coefficient (Wildman–Crippen LogP) is 0.755. The quantitative estimate of drug-likeness (QED) is 0.644. The lowest BCUT2D eigenvalue weighted by Gasteiger charge is -2.32. The highest BCUT2D eigenvalue weighted by atomic mass is 16.5. The number of unbranched alkanes of at least 4 members (excludes halogenated alkanes) is 1. The smallest absolute Gasteiger partial charge is 0.261 e. The first-order chi connectivity index (χ1) is 11.1. The van der Waals surface area contributed by atoms with Crippen LogP contribution in [0.1, 0.15) is 47.4 Å². The average molecular weight is 317 g/mol. The van der Waals surface area contributed by atoms with Crippen LogP contribution >= 0.6 is 0 Å². The van der Waals surface area contributed by atoms with E-state index in [9.17, 15) is 9.59 Å². The van der Waals surface area contributed by atoms with Crippen molar-refractivity contribution in [2.75, 3.05) is 26.2 Å². The maximum atomic E-state index is 12.3. The van der Waals surface area contributed by atoms with Gasteiger partial charge in [0.1, 0.15) is 25.3 Å². The number of morpholine rings is 1. The third kappa shape index (κ3) is 3.46. The van der Waals surface area contributed by atoms with E-state index >= 15 is 0 Å². The molecule has 2 amide bonds. The zero-order valence-corrected chi connectivity index (χ0v) is 13.9. The second-order valence-electron chi connectivity index (χ2n) is 6.68. The Balaban J connectivity index is 1.47. The first kappa shape index (κ1) is 16.1. The number of nitrogens with one attached hydrogen (secondary N) is 1. The Kier molecular flexibility index (Phi) is 4.78. The molecule has 0 bridgehead atoms. The molecule has 0 spiro atoms. The molecule has 3 rings (SSSR count). The van der Waals surface area contributed by atoms with Crippen LogP contribution in [0.25, 0.3) is 0 Å². The molecule has 0 radical (unpaired) electrons. The third-order valence-electron chi connectivity index (χ3n) is 4.66. The molecule has 2 aliphatic heterocycles. The zero-order valence-electron chi connectivity index (χ0n) is 13.9. The lowest BCUT2D eigenvalue weighted by Crippen LogP contribution is -3.15. The zero-order chi connectivity index (χ0) is 16.4. The fourth-order valence-corrected chi connectivity index (χ4v) is 3.68. The van der Waals surface area contributed by atoms with Crippen LogP contribution in [0.15, 0.2) is 24.3 Å². The minimum atomic E-state index is -0.147. The van der Waals surface area contributed by atoms with Gasteiger partial charge in [-0.25, -0.2) is 0 Å². The summed E-state index contributed by atoms with van der Waals surface area (Å²) < 4.78 is 5.75. The topological polar surface area (TPSA) is 51.0 Å². The van der Waals surface area contributed by atoms with E-state index in [0.717, 1.165) is 32.5 Å². The number of hydrogen-bond acceptors (Lipinski definition) is 3. The van der Waals surface area contributed by atoms with Gasteiger partial charge in [0.2, 0.25) is 0 Å². The molecule has 1 N–H and O–H groups in total. The van der Waals surface area contributed by atoms with Gasteiger partial charge < -0.3 is 9.64 Å². The Hall–Kier alpha value is -1.72. The number of carbonyl (C=O) groups is 2. The molecule has 1 fully saturated rings. The molecule has 2 heterocycles. The van der Waals surface area contributed by atoms with Crippen molar-refractivity contribution in [3.8, 4) is 0 Å². The Morgan fingerprint density at radius 3 is 2.17 bits per heavy atom. The Bertz CT molecular complexity index is 557. The summed E-state index contributed by atoms with van der Waals surface area (Å²) in [6.07, 6.45) is 2.50. The second kappa shape index (κ2) is 6.81. The molecular weight excluding hydrogens is 292 g/mol. The highest BCUT2D eigenvalue weighted by Gasteiger charge is 2.34. The van der Waals surface area contributed by atoms with Gasteiger partial charge in [0.25, 0.3) is 11.8 Å². The fourth-order valence-electron chi connectivity index (χ4n) is 3.68. The Labute approximate surface area is 137 Å². The number of carbonyl (C=O) groups excluding carboxylic acids is 2. The van der Waals surface area contributed by atoms with Crippen molar-refractivity contribution < 1.29 is 19.2 Å². The molecule has 23 heavy (non-hydrogen) atoms. The molecule has 5 heteroatoms. The Morgan fingerprint density at radius 2 is 1.61 bits per heavy atom. The van der Waals surface area contributed by atoms with Crippen molar-refractivity contribution in [1.82, 2.24) is 4.90 Å². The highest BCUT2D eigenvalue weighted by molar-refractivity contribution is 6.21. The van der Waals surface area contributed by atoms with Gasteiger partial charge in [0.15, 0.2) is 0 Å². The van der Waals surface area contributed by atoms with E-state index in [1.807, 2.05) is 0 Å². The van der Waals surface area contributed by atoms with Gasteiger partial charge in [-0.2, -0.15) is 0 Å². The van der Waals surface area contributed by atoms with E-state index < -0.39 is 0 Å². The summed E-state index contributed by atoms with van der Waals surface area (Å²) in [4.78, 5) is 27.5. The van der Waals surface area contributed by atoms with Crippen LogP contribution in [0, 0.1) is 0 Å². The number of hydrogen-bond donors (Lipinski definition) is 1. The van der Waals surface area contributed by atoms with Crippen molar-refractivity contribution in [3.05, 3.63) is 35.4 Å². The Morgan fingerprint density at radius 1 is 1.04 bits per heavy atom. The van der Waals surface area contributed by atoms with Crippen LogP contribution in [0.2, 0.25) is 0 Å². The van der Waals surface area contributed by atoms with Gasteiger partial charge >= 0.3 is 0 Å². The molecule has 124 valence electrons. The van der Waals surface area contributed by atoms with E-state index in [1.54, 1.807) is 29.2 Å². The van der Waals surface area contributed by atoms with Crippen molar-refractivity contribution in [2.24, 2.45) is 0 Å². The van der Waals surface area contributed by atoms with Crippen molar-refractivity contribution in [1.29, 1.82) is 0 Å². The molecule has 2 atom stereocenters. The number of amides is 2. The minimum Gasteiger partial charge on any atom is -0.364 e. The maximum absolute atomic E-state index is 12.3. The molecule has 1 saturated heterocycles. The van der Waals surface area contributed by atoms with E-state index in [2.05, 4.69) is 13.8 Å². The number of rotatable bonds is 5. The summed E-state index contributed by atoms with van der Waals surface area (Å²) in [5, 5.41) is 0. The molecule has 1 aromatic rings. The van der Waals surface area contributed by atoms with Crippen LogP contribution in [0.5, 0.6) is 0 Å². The standard InChI is InChI=1S/C18H24N2O3/c1-13-11-19(12-14(2)23-13)9-5-6-10-20-17(21)15-7-3-4-8-16(15)18(20)22/h3-4,7-8,13-14H,5-6,9-12H2,1-2H3/p+1/t13-,14-/m0/s1. The van der Waals surface area contributed by atoms with Crippen LogP contribution in [0.3, 0.4) is 0 Å². The number of fused-ring (bicyclic) bond motifs is 1. The first-order valence-corrected chi connectivity index (χ1v) is 8.50. The number of quaternary nitrogens is 1. The van der Waals surface area contributed by atoms with Gasteiger partial charge in [-0.3, -0.25) is 14.5 Å². The van der Waals surface area contributed by atoms with Crippen molar-refractivity contribution in [3.63, 3.8) is 0 Å². The fraction of sp³-hybridized carbons (Fsp3) is 0.556. The number of ether oxygens (including phenoxy) is 1. The molecule has 0 aliphatic carbocycles. The lowest BCUT2D eigenvalue weighted by molar-refractivity contribution is -0.915. The van der Waals surface area contributed by atoms with Crippen LogP contribution in [-0.2, 0) is 4.74 Å².